The van der Waals surface area contributed by atoms with E-state index < -0.39 is 0 Å². The molecule has 0 radical (unpaired) electrons. The highest BCUT2D eigenvalue weighted by molar-refractivity contribution is 7.80. The summed E-state index contributed by atoms with van der Waals surface area (Å²) in [6.07, 6.45) is 2.45. The standard InChI is InChI=1S/C21H26N2O2S/c1-16-8-10-17(11-9-16)14-23(15-20-7-4-12-25-20)21(26)22-18-5-3-6-19(13-18)24-2/h3,5-6,8-11,13,20H,4,7,12,14-15H2,1-2H3,(H,22,26). The van der Waals surface area contributed by atoms with Crippen molar-refractivity contribution in [2.75, 3.05) is 25.6 Å². The van der Waals surface area contributed by atoms with E-state index in [1.54, 1.807) is 7.11 Å². The van der Waals surface area contributed by atoms with Crippen LogP contribution in [0.25, 0.3) is 0 Å². The van der Waals surface area contributed by atoms with Crippen molar-refractivity contribution in [3.8, 4) is 5.75 Å². The van der Waals surface area contributed by atoms with E-state index in [9.17, 15) is 0 Å². The minimum atomic E-state index is 0.241. The Morgan fingerprint density at radius 2 is 2.08 bits per heavy atom. The third-order valence-corrected chi connectivity index (χ3v) is 4.91. The molecule has 2 aromatic carbocycles. The monoisotopic (exact) mass is 370 g/mol. The van der Waals surface area contributed by atoms with Crippen molar-refractivity contribution >= 4 is 23.0 Å². The average molecular weight is 371 g/mol. The maximum absolute atomic E-state index is 5.83. The number of anilines is 1. The quantitative estimate of drug-likeness (QED) is 0.763. The molecule has 0 bridgehead atoms. The van der Waals surface area contributed by atoms with E-state index >= 15 is 0 Å². The smallest absolute Gasteiger partial charge is 0.173 e. The van der Waals surface area contributed by atoms with Crippen molar-refractivity contribution in [2.24, 2.45) is 0 Å². The van der Waals surface area contributed by atoms with E-state index in [-0.39, 0.29) is 6.10 Å². The molecule has 5 heteroatoms. The SMILES string of the molecule is COc1cccc(NC(=S)N(Cc2ccc(C)cc2)CC2CCCO2)c1. The number of rotatable bonds is 6. The number of ether oxygens (including phenoxy) is 2. The zero-order chi connectivity index (χ0) is 18.4. The van der Waals surface area contributed by atoms with Crippen LogP contribution in [0, 0.1) is 6.92 Å². The third kappa shape index (κ3) is 5.19. The molecule has 1 fully saturated rings. The van der Waals surface area contributed by atoms with Crippen LogP contribution in [-0.2, 0) is 11.3 Å². The Hall–Kier alpha value is -2.11. The van der Waals surface area contributed by atoms with Gasteiger partial charge < -0.3 is 19.7 Å². The molecule has 26 heavy (non-hydrogen) atoms. The van der Waals surface area contributed by atoms with Gasteiger partial charge in [0.15, 0.2) is 5.11 Å². The van der Waals surface area contributed by atoms with Crippen molar-refractivity contribution in [1.82, 2.24) is 4.90 Å². The topological polar surface area (TPSA) is 33.7 Å². The highest BCUT2D eigenvalue weighted by atomic mass is 32.1. The van der Waals surface area contributed by atoms with Gasteiger partial charge in [0.1, 0.15) is 5.75 Å². The van der Waals surface area contributed by atoms with Crippen molar-refractivity contribution in [1.29, 1.82) is 0 Å². The molecule has 0 aromatic heterocycles. The molecule has 0 spiro atoms. The van der Waals surface area contributed by atoms with Gasteiger partial charge in [-0.05, 0) is 49.7 Å². The number of benzene rings is 2. The lowest BCUT2D eigenvalue weighted by atomic mass is 10.1. The number of thiocarbonyl (C=S) groups is 1. The van der Waals surface area contributed by atoms with E-state index in [2.05, 4.69) is 41.4 Å². The van der Waals surface area contributed by atoms with E-state index in [0.717, 1.165) is 44.0 Å². The first-order chi connectivity index (χ1) is 12.6. The maximum Gasteiger partial charge on any atom is 0.173 e. The zero-order valence-corrected chi connectivity index (χ0v) is 16.2. The van der Waals surface area contributed by atoms with Crippen LogP contribution < -0.4 is 10.1 Å². The lowest BCUT2D eigenvalue weighted by Crippen LogP contribution is -2.39. The molecule has 0 amide bonds. The van der Waals surface area contributed by atoms with Gasteiger partial charge in [0.2, 0.25) is 0 Å². The highest BCUT2D eigenvalue weighted by Gasteiger charge is 2.21. The molecule has 1 atom stereocenters. The van der Waals surface area contributed by atoms with Gasteiger partial charge in [0.05, 0.1) is 13.2 Å². The van der Waals surface area contributed by atoms with Gasteiger partial charge in [-0.3, -0.25) is 0 Å². The molecule has 0 saturated carbocycles. The summed E-state index contributed by atoms with van der Waals surface area (Å²) in [4.78, 5) is 2.19. The second-order valence-corrected chi connectivity index (χ2v) is 7.05. The molecule has 1 saturated heterocycles. The predicted molar refractivity (Wildman–Crippen MR) is 110 cm³/mol. The molecule has 3 rings (SSSR count). The largest absolute Gasteiger partial charge is 0.497 e. The van der Waals surface area contributed by atoms with Crippen molar-refractivity contribution < 1.29 is 9.47 Å². The predicted octanol–water partition coefficient (Wildman–Crippen LogP) is 4.38. The summed E-state index contributed by atoms with van der Waals surface area (Å²) >= 11 is 5.71. The molecular formula is C21H26N2O2S. The minimum Gasteiger partial charge on any atom is -0.497 e. The second-order valence-electron chi connectivity index (χ2n) is 6.66. The summed E-state index contributed by atoms with van der Waals surface area (Å²) in [6.45, 7) is 4.50. The van der Waals surface area contributed by atoms with Crippen molar-refractivity contribution in [3.63, 3.8) is 0 Å². The van der Waals surface area contributed by atoms with Crippen molar-refractivity contribution in [3.05, 3.63) is 59.7 Å². The van der Waals surface area contributed by atoms with Crippen LogP contribution in [0.3, 0.4) is 0 Å². The summed E-state index contributed by atoms with van der Waals surface area (Å²) in [5, 5.41) is 4.05. The lowest BCUT2D eigenvalue weighted by molar-refractivity contribution is 0.0905. The summed E-state index contributed by atoms with van der Waals surface area (Å²) in [6, 6.07) is 16.4. The third-order valence-electron chi connectivity index (χ3n) is 4.55. The molecule has 1 unspecified atom stereocenters. The Morgan fingerprint density at radius 3 is 2.77 bits per heavy atom. The van der Waals surface area contributed by atoms with Crippen molar-refractivity contribution in [2.45, 2.75) is 32.4 Å². The molecule has 2 aromatic rings. The molecule has 138 valence electrons. The molecule has 4 nitrogen and oxygen atoms in total. The van der Waals surface area contributed by atoms with Gasteiger partial charge in [-0.15, -0.1) is 0 Å². The summed E-state index contributed by atoms with van der Waals surface area (Å²) < 4.78 is 11.1. The summed E-state index contributed by atoms with van der Waals surface area (Å²) in [7, 11) is 1.67. The number of methoxy groups -OCH3 is 1. The first-order valence-corrected chi connectivity index (χ1v) is 9.42. The summed E-state index contributed by atoms with van der Waals surface area (Å²) in [5.74, 6) is 0.807. The van der Waals surface area contributed by atoms with Crippen LogP contribution in [-0.4, -0.2) is 36.4 Å². The van der Waals surface area contributed by atoms with E-state index in [4.69, 9.17) is 21.7 Å². The first-order valence-electron chi connectivity index (χ1n) is 9.01. The van der Waals surface area contributed by atoms with Crippen LogP contribution in [0.4, 0.5) is 5.69 Å². The fraction of sp³-hybridized carbons (Fsp3) is 0.381. The Morgan fingerprint density at radius 1 is 1.27 bits per heavy atom. The number of nitrogens with one attached hydrogen (secondary N) is 1. The molecule has 1 aliphatic heterocycles. The van der Waals surface area contributed by atoms with Crippen LogP contribution in [0.15, 0.2) is 48.5 Å². The number of hydrogen-bond acceptors (Lipinski definition) is 3. The molecule has 1 heterocycles. The van der Waals surface area contributed by atoms with Gasteiger partial charge in [-0.2, -0.15) is 0 Å². The zero-order valence-electron chi connectivity index (χ0n) is 15.4. The normalized spacial score (nSPS) is 16.3. The molecule has 1 aliphatic rings. The van der Waals surface area contributed by atoms with Crippen LogP contribution >= 0.6 is 12.2 Å². The van der Waals surface area contributed by atoms with Gasteiger partial charge >= 0.3 is 0 Å². The van der Waals surface area contributed by atoms with Gasteiger partial charge in [-0.25, -0.2) is 0 Å². The van der Waals surface area contributed by atoms with E-state index in [0.29, 0.717) is 5.11 Å². The fourth-order valence-electron chi connectivity index (χ4n) is 3.07. The Labute approximate surface area is 161 Å². The Balaban J connectivity index is 1.71. The minimum absolute atomic E-state index is 0.241. The molecule has 1 N–H and O–H groups in total. The van der Waals surface area contributed by atoms with E-state index in [1.165, 1.54) is 11.1 Å². The fourth-order valence-corrected chi connectivity index (χ4v) is 3.33. The van der Waals surface area contributed by atoms with Crippen LogP contribution in [0.2, 0.25) is 0 Å². The molecule has 0 aliphatic carbocycles. The first kappa shape index (κ1) is 18.7. The van der Waals surface area contributed by atoms with Crippen LogP contribution in [0.1, 0.15) is 24.0 Å². The highest BCUT2D eigenvalue weighted by Crippen LogP contribution is 2.19. The molecular weight excluding hydrogens is 344 g/mol. The Bertz CT molecular complexity index is 727. The second kappa shape index (κ2) is 9.01. The summed E-state index contributed by atoms with van der Waals surface area (Å²) in [5.41, 5.74) is 3.43. The Kier molecular flexibility index (Phi) is 6.47. The number of hydrogen-bond donors (Lipinski definition) is 1. The van der Waals surface area contributed by atoms with Crippen LogP contribution in [0.5, 0.6) is 5.75 Å². The van der Waals surface area contributed by atoms with Gasteiger partial charge in [0.25, 0.3) is 0 Å². The van der Waals surface area contributed by atoms with Gasteiger partial charge in [-0.1, -0.05) is 35.9 Å². The van der Waals surface area contributed by atoms with Gasteiger partial charge in [0, 0.05) is 31.5 Å². The van der Waals surface area contributed by atoms with E-state index in [1.807, 2.05) is 24.3 Å². The maximum atomic E-state index is 5.83. The lowest BCUT2D eigenvalue weighted by Gasteiger charge is -2.28. The number of aryl methyl sites for hydroxylation is 1. The average Bonchev–Trinajstić information content (AvgIpc) is 3.16. The number of nitrogens with zero attached hydrogens (tertiary/aromatic N) is 1.